The Kier molecular flexibility index (Phi) is 3.93. The molecule has 0 aromatic heterocycles. The molecule has 3 rings (SSSR count). The van der Waals surface area contributed by atoms with Gasteiger partial charge in [-0.1, -0.05) is 0 Å². The molecule has 0 saturated heterocycles. The van der Waals surface area contributed by atoms with E-state index in [9.17, 15) is 22.5 Å². The summed E-state index contributed by atoms with van der Waals surface area (Å²) in [5, 5.41) is 7.46. The summed E-state index contributed by atoms with van der Waals surface area (Å²) in [7, 11) is -3.88. The first-order valence-electron chi connectivity index (χ1n) is 6.67. The van der Waals surface area contributed by atoms with Crippen molar-refractivity contribution in [2.24, 2.45) is 0 Å². The lowest BCUT2D eigenvalue weighted by molar-refractivity contribution is 0.0659. The second-order valence-corrected chi connectivity index (χ2v) is 8.58. The Balaban J connectivity index is 2.11. The Hall–Kier alpha value is -1.58. The molecular formula is C15H11BrF3NO3S. The van der Waals surface area contributed by atoms with Crippen molar-refractivity contribution in [2.75, 3.05) is 0 Å². The number of hydrogen-bond acceptors (Lipinski definition) is 4. The molecule has 1 aliphatic heterocycles. The zero-order chi connectivity index (χ0) is 17.9. The molecule has 9 heteroatoms. The molecule has 2 aromatic rings. The molecule has 3 unspecified atom stereocenters. The number of alkyl halides is 1. The highest BCUT2D eigenvalue weighted by Gasteiger charge is 2.54. The summed E-state index contributed by atoms with van der Waals surface area (Å²) in [6, 6.07) is 5.07. The summed E-state index contributed by atoms with van der Waals surface area (Å²) in [4.78, 5) is -0.148. The maximum atomic E-state index is 14.5. The number of rotatable bonds is 2. The highest BCUT2D eigenvalue weighted by atomic mass is 79.9. The summed E-state index contributed by atoms with van der Waals surface area (Å²) in [5.74, 6) is -1.79. The van der Waals surface area contributed by atoms with Crippen LogP contribution in [0.15, 0.2) is 39.7 Å². The fourth-order valence-electron chi connectivity index (χ4n) is 2.48. The van der Waals surface area contributed by atoms with Gasteiger partial charge in [-0.3, -0.25) is 0 Å². The van der Waals surface area contributed by atoms with Crippen molar-refractivity contribution in [1.82, 2.24) is 0 Å². The Bertz CT molecular complexity index is 927. The van der Waals surface area contributed by atoms with Crippen molar-refractivity contribution in [3.8, 4) is 11.5 Å². The van der Waals surface area contributed by atoms with Gasteiger partial charge >= 0.3 is 0 Å². The van der Waals surface area contributed by atoms with E-state index in [1.54, 1.807) is 0 Å². The predicted octanol–water partition coefficient (Wildman–Crippen LogP) is 4.66. The van der Waals surface area contributed by atoms with E-state index in [0.29, 0.717) is 6.07 Å². The number of hydrogen-bond donors (Lipinski definition) is 2. The number of benzene rings is 2. The molecule has 0 amide bonds. The summed E-state index contributed by atoms with van der Waals surface area (Å²) >= 11 is 3.12. The number of nitrogens with one attached hydrogen (secondary N) is 1. The van der Waals surface area contributed by atoms with Crippen LogP contribution in [0.5, 0.6) is 11.5 Å². The van der Waals surface area contributed by atoms with Gasteiger partial charge in [0, 0.05) is 23.8 Å². The number of aliphatic hydroxyl groups excluding tert-OH is 1. The van der Waals surface area contributed by atoms with Gasteiger partial charge in [0.2, 0.25) is 5.00 Å². The van der Waals surface area contributed by atoms with Crippen LogP contribution in [-0.4, -0.2) is 14.3 Å². The van der Waals surface area contributed by atoms with E-state index in [1.165, 1.54) is 12.1 Å². The van der Waals surface area contributed by atoms with Crippen LogP contribution in [0, 0.1) is 16.4 Å². The molecule has 1 aliphatic rings. The van der Waals surface area contributed by atoms with Crippen LogP contribution in [-0.2, 0) is 9.73 Å². The van der Waals surface area contributed by atoms with Crippen LogP contribution in [0.3, 0.4) is 0 Å². The Morgan fingerprint density at radius 1 is 1.29 bits per heavy atom. The number of ether oxygens (including phenoxy) is 1. The molecule has 2 N–H and O–H groups in total. The second kappa shape index (κ2) is 5.47. The SMILES string of the molecule is CC1(F)C(O)c2c(ccc(Oc3cc(F)cc(F)c3)c2Br)S1(=N)=O. The quantitative estimate of drug-likeness (QED) is 0.740. The molecule has 0 aliphatic carbocycles. The standard InChI is InChI=1S/C15H11BrF3NO3S/c1-15(19)14(21)12-11(24(15,20)22)3-2-10(13(12)16)23-9-5-7(17)4-8(18)6-9/h2-6,14,20-21H,1H3. The van der Waals surface area contributed by atoms with E-state index < -0.39 is 32.5 Å². The normalized spacial score (nSPS) is 28.7. The largest absolute Gasteiger partial charge is 0.456 e. The van der Waals surface area contributed by atoms with Crippen LogP contribution in [0.4, 0.5) is 13.2 Å². The smallest absolute Gasteiger partial charge is 0.223 e. The van der Waals surface area contributed by atoms with Gasteiger partial charge in [-0.15, -0.1) is 0 Å². The summed E-state index contributed by atoms with van der Waals surface area (Å²) in [5.41, 5.74) is -0.0747. The van der Waals surface area contributed by atoms with E-state index in [2.05, 4.69) is 15.9 Å². The van der Waals surface area contributed by atoms with Gasteiger partial charge < -0.3 is 9.84 Å². The van der Waals surface area contributed by atoms with Crippen molar-refractivity contribution in [2.45, 2.75) is 22.9 Å². The molecule has 0 radical (unpaired) electrons. The molecule has 0 saturated carbocycles. The van der Waals surface area contributed by atoms with Crippen LogP contribution in [0.1, 0.15) is 18.6 Å². The van der Waals surface area contributed by atoms with Crippen LogP contribution < -0.4 is 4.74 Å². The molecule has 0 bridgehead atoms. The minimum absolute atomic E-state index is 0.0331. The highest BCUT2D eigenvalue weighted by Crippen LogP contribution is 2.52. The van der Waals surface area contributed by atoms with Crippen LogP contribution in [0.2, 0.25) is 0 Å². The zero-order valence-electron chi connectivity index (χ0n) is 12.1. The maximum Gasteiger partial charge on any atom is 0.223 e. The molecule has 24 heavy (non-hydrogen) atoms. The predicted molar refractivity (Wildman–Crippen MR) is 84.2 cm³/mol. The number of aliphatic hydroxyl groups is 1. The third-order valence-electron chi connectivity index (χ3n) is 3.80. The summed E-state index contributed by atoms with van der Waals surface area (Å²) in [6.07, 6.45) is -1.81. The Labute approximate surface area is 144 Å². The molecule has 3 atom stereocenters. The van der Waals surface area contributed by atoms with Crippen LogP contribution >= 0.6 is 15.9 Å². The molecule has 4 nitrogen and oxygen atoms in total. The lowest BCUT2D eigenvalue weighted by Crippen LogP contribution is -2.29. The van der Waals surface area contributed by atoms with Gasteiger partial charge in [-0.25, -0.2) is 22.2 Å². The van der Waals surface area contributed by atoms with E-state index in [1.807, 2.05) is 0 Å². The van der Waals surface area contributed by atoms with Crippen molar-refractivity contribution in [3.05, 3.63) is 52.0 Å². The van der Waals surface area contributed by atoms with E-state index >= 15 is 0 Å². The van der Waals surface area contributed by atoms with Crippen LogP contribution in [0.25, 0.3) is 0 Å². The van der Waals surface area contributed by atoms with Gasteiger partial charge in [0.1, 0.15) is 39.0 Å². The van der Waals surface area contributed by atoms with Gasteiger partial charge in [0.15, 0.2) is 0 Å². The average molecular weight is 422 g/mol. The van der Waals surface area contributed by atoms with E-state index in [-0.39, 0.29) is 26.4 Å². The van der Waals surface area contributed by atoms with E-state index in [0.717, 1.165) is 19.1 Å². The first-order valence-corrected chi connectivity index (χ1v) is 9.02. The number of fused-ring (bicyclic) bond motifs is 1. The first-order chi connectivity index (χ1) is 11.1. The van der Waals surface area contributed by atoms with Gasteiger partial charge in [0.25, 0.3) is 0 Å². The monoisotopic (exact) mass is 421 g/mol. The fourth-order valence-corrected chi connectivity index (χ4v) is 4.90. The van der Waals surface area contributed by atoms with Gasteiger partial charge in [0.05, 0.1) is 9.37 Å². The third-order valence-corrected chi connectivity index (χ3v) is 6.94. The molecule has 128 valence electrons. The average Bonchev–Trinajstić information content (AvgIpc) is 2.59. The lowest BCUT2D eigenvalue weighted by atomic mass is 10.1. The fraction of sp³-hybridized carbons (Fsp3) is 0.200. The molecular weight excluding hydrogens is 411 g/mol. The number of halogens is 4. The third kappa shape index (κ3) is 2.42. The minimum Gasteiger partial charge on any atom is -0.456 e. The zero-order valence-corrected chi connectivity index (χ0v) is 14.6. The van der Waals surface area contributed by atoms with E-state index in [4.69, 9.17) is 9.52 Å². The first kappa shape index (κ1) is 17.2. The van der Waals surface area contributed by atoms with Gasteiger partial charge in [-0.2, -0.15) is 0 Å². The van der Waals surface area contributed by atoms with Crippen molar-refractivity contribution >= 4 is 25.7 Å². The van der Waals surface area contributed by atoms with Crippen molar-refractivity contribution in [1.29, 1.82) is 4.78 Å². The van der Waals surface area contributed by atoms with Crippen molar-refractivity contribution in [3.63, 3.8) is 0 Å². The lowest BCUT2D eigenvalue weighted by Gasteiger charge is -2.19. The minimum atomic E-state index is -3.88. The Morgan fingerprint density at radius 2 is 1.88 bits per heavy atom. The second-order valence-electron chi connectivity index (χ2n) is 5.44. The Morgan fingerprint density at radius 3 is 2.46 bits per heavy atom. The highest BCUT2D eigenvalue weighted by molar-refractivity contribution is 9.10. The topological polar surface area (TPSA) is 70.4 Å². The maximum absolute atomic E-state index is 14.5. The molecule has 0 spiro atoms. The summed E-state index contributed by atoms with van der Waals surface area (Å²) in [6.45, 7) is 0.891. The van der Waals surface area contributed by atoms with Crippen molar-refractivity contribution < 1.29 is 27.2 Å². The molecule has 0 fully saturated rings. The molecule has 1 heterocycles. The summed E-state index contributed by atoms with van der Waals surface area (Å²) < 4.78 is 66.6. The van der Waals surface area contributed by atoms with Gasteiger partial charge in [-0.05, 0) is 35.0 Å². The molecule has 2 aromatic carbocycles.